The minimum Gasteiger partial charge on any atom is -0.480 e. The molecule has 0 heterocycles. The molecule has 6 heteroatoms. The molecular formula is C32H53NO5. The summed E-state index contributed by atoms with van der Waals surface area (Å²) >= 11 is 0. The Hall–Kier alpha value is -1.43. The van der Waals surface area contributed by atoms with Crippen molar-refractivity contribution in [1.82, 2.24) is 5.32 Å². The second-order valence-corrected chi connectivity index (χ2v) is 15.0. The molecule has 4 saturated carbocycles. The second-order valence-electron chi connectivity index (χ2n) is 15.0. The third kappa shape index (κ3) is 5.58. The molecule has 4 aliphatic rings. The molecule has 38 heavy (non-hydrogen) atoms. The Morgan fingerprint density at radius 2 is 1.63 bits per heavy atom. The first-order valence-corrected chi connectivity index (χ1v) is 15.4. The predicted octanol–water partition coefficient (Wildman–Crippen LogP) is 6.26. The van der Waals surface area contributed by atoms with Crippen LogP contribution in [0.1, 0.15) is 113 Å². The maximum atomic E-state index is 12.4. The smallest absolute Gasteiger partial charge is 0.320 e. The molecule has 0 aromatic rings. The Bertz CT molecular complexity index is 914. The standard InChI is InChI=1S/C32H53NO5/c1-19(2)29(37)38-18-30(4,5)33-27(28(35)36)17-21-12-14-31(6)22(16-21)8-9-23-25-11-10-24(20(3)34)32(25,7)15-13-26(23)31/h19,21-27,33H,8-18H2,1-7H3,(H,35,36)/t21-,22-,23-,24+,25-,26-,27?,31-,32+/m0/s1. The molecule has 4 rings (SSSR count). The fourth-order valence-electron chi connectivity index (χ4n) is 9.72. The summed E-state index contributed by atoms with van der Waals surface area (Å²) < 4.78 is 5.42. The van der Waals surface area contributed by atoms with Gasteiger partial charge in [-0.25, -0.2) is 0 Å². The van der Waals surface area contributed by atoms with Gasteiger partial charge in [0, 0.05) is 11.5 Å². The van der Waals surface area contributed by atoms with Crippen LogP contribution in [0.2, 0.25) is 0 Å². The Balaban J connectivity index is 1.38. The van der Waals surface area contributed by atoms with Crippen LogP contribution in [0.4, 0.5) is 0 Å². The van der Waals surface area contributed by atoms with E-state index in [-0.39, 0.29) is 29.8 Å². The number of carbonyl (C=O) groups excluding carboxylic acids is 2. The average molecular weight is 532 g/mol. The Kier molecular flexibility index (Phi) is 8.44. The third-order valence-electron chi connectivity index (χ3n) is 11.7. The first-order valence-electron chi connectivity index (χ1n) is 15.4. The van der Waals surface area contributed by atoms with Gasteiger partial charge in [0.05, 0.1) is 5.92 Å². The fourth-order valence-corrected chi connectivity index (χ4v) is 9.72. The molecule has 0 aromatic carbocycles. The van der Waals surface area contributed by atoms with Crippen molar-refractivity contribution in [2.75, 3.05) is 6.61 Å². The molecule has 2 N–H and O–H groups in total. The zero-order chi connectivity index (χ0) is 28.0. The lowest BCUT2D eigenvalue weighted by Gasteiger charge is -2.61. The highest BCUT2D eigenvalue weighted by Gasteiger charge is 2.60. The molecule has 0 bridgehead atoms. The van der Waals surface area contributed by atoms with E-state index in [0.29, 0.717) is 35.4 Å². The zero-order valence-corrected chi connectivity index (χ0v) is 25.0. The average Bonchev–Trinajstić information content (AvgIpc) is 3.19. The number of carboxylic acid groups (broad SMARTS) is 1. The van der Waals surface area contributed by atoms with E-state index in [1.54, 1.807) is 13.8 Å². The van der Waals surface area contributed by atoms with Crippen LogP contribution < -0.4 is 5.32 Å². The van der Waals surface area contributed by atoms with E-state index in [1.165, 1.54) is 38.5 Å². The summed E-state index contributed by atoms with van der Waals surface area (Å²) in [6.45, 7) is 14.4. The van der Waals surface area contributed by atoms with E-state index in [4.69, 9.17) is 4.74 Å². The predicted molar refractivity (Wildman–Crippen MR) is 148 cm³/mol. The summed E-state index contributed by atoms with van der Waals surface area (Å²) in [5, 5.41) is 13.3. The molecule has 9 atom stereocenters. The molecule has 1 unspecified atom stereocenters. The molecular weight excluding hydrogens is 478 g/mol. The monoisotopic (exact) mass is 531 g/mol. The number of nitrogens with one attached hydrogen (secondary N) is 1. The van der Waals surface area contributed by atoms with Gasteiger partial charge in [-0.15, -0.1) is 0 Å². The van der Waals surface area contributed by atoms with Gasteiger partial charge in [0.1, 0.15) is 18.4 Å². The van der Waals surface area contributed by atoms with Gasteiger partial charge < -0.3 is 9.84 Å². The molecule has 4 fully saturated rings. The number of aliphatic carboxylic acids is 1. The van der Waals surface area contributed by atoms with Gasteiger partial charge in [0.25, 0.3) is 0 Å². The van der Waals surface area contributed by atoms with Crippen molar-refractivity contribution in [2.45, 2.75) is 124 Å². The van der Waals surface area contributed by atoms with E-state index in [2.05, 4.69) is 19.2 Å². The number of esters is 1. The summed E-state index contributed by atoms with van der Waals surface area (Å²) in [5.41, 5.74) is -0.0712. The number of fused-ring (bicyclic) bond motifs is 5. The lowest BCUT2D eigenvalue weighted by molar-refractivity contribution is -0.149. The van der Waals surface area contributed by atoms with E-state index in [0.717, 1.165) is 31.1 Å². The largest absolute Gasteiger partial charge is 0.480 e. The van der Waals surface area contributed by atoms with Crippen LogP contribution in [0.3, 0.4) is 0 Å². The van der Waals surface area contributed by atoms with Crippen LogP contribution in [0.5, 0.6) is 0 Å². The second kappa shape index (κ2) is 10.9. The van der Waals surface area contributed by atoms with Crippen molar-refractivity contribution in [3.8, 4) is 0 Å². The summed E-state index contributed by atoms with van der Waals surface area (Å²) in [6, 6.07) is -0.647. The van der Waals surface area contributed by atoms with Gasteiger partial charge in [-0.2, -0.15) is 0 Å². The lowest BCUT2D eigenvalue weighted by atomic mass is 9.44. The van der Waals surface area contributed by atoms with Gasteiger partial charge >= 0.3 is 11.9 Å². The first kappa shape index (κ1) is 29.6. The number of carbonyl (C=O) groups is 3. The van der Waals surface area contributed by atoms with Gasteiger partial charge in [0.2, 0.25) is 0 Å². The molecule has 0 aromatic heterocycles. The van der Waals surface area contributed by atoms with Gasteiger partial charge in [-0.3, -0.25) is 19.7 Å². The molecule has 216 valence electrons. The van der Waals surface area contributed by atoms with E-state index >= 15 is 0 Å². The van der Waals surface area contributed by atoms with E-state index in [9.17, 15) is 19.5 Å². The van der Waals surface area contributed by atoms with Crippen LogP contribution >= 0.6 is 0 Å². The fraction of sp³-hybridized carbons (Fsp3) is 0.906. The Labute approximate surface area is 230 Å². The summed E-state index contributed by atoms with van der Waals surface area (Å²) in [6.07, 6.45) is 11.3. The maximum absolute atomic E-state index is 12.4. The zero-order valence-electron chi connectivity index (χ0n) is 25.0. The van der Waals surface area contributed by atoms with E-state index in [1.807, 2.05) is 20.8 Å². The third-order valence-corrected chi connectivity index (χ3v) is 11.7. The van der Waals surface area contributed by atoms with Gasteiger partial charge in [-0.1, -0.05) is 27.7 Å². The van der Waals surface area contributed by atoms with Crippen molar-refractivity contribution in [3.05, 3.63) is 0 Å². The van der Waals surface area contributed by atoms with Crippen molar-refractivity contribution >= 4 is 17.7 Å². The lowest BCUT2D eigenvalue weighted by Crippen LogP contribution is -2.55. The first-order chi connectivity index (χ1) is 17.7. The number of ether oxygens (including phenoxy) is 1. The van der Waals surface area contributed by atoms with Crippen molar-refractivity contribution in [1.29, 1.82) is 0 Å². The highest BCUT2D eigenvalue weighted by Crippen LogP contribution is 2.68. The van der Waals surface area contributed by atoms with E-state index < -0.39 is 17.6 Å². The number of rotatable bonds is 9. The Morgan fingerprint density at radius 3 is 2.26 bits per heavy atom. The summed E-state index contributed by atoms with van der Waals surface area (Å²) in [5.74, 6) is 2.62. The maximum Gasteiger partial charge on any atom is 0.320 e. The van der Waals surface area contributed by atoms with Crippen molar-refractivity contribution < 1.29 is 24.2 Å². The summed E-state index contributed by atoms with van der Waals surface area (Å²) in [4.78, 5) is 36.6. The molecule has 4 aliphatic carbocycles. The number of ketones is 1. The molecule has 0 saturated heterocycles. The number of Topliss-reactive ketones (excluding diaryl/α,β-unsaturated/α-hetero) is 1. The topological polar surface area (TPSA) is 92.7 Å². The molecule has 0 radical (unpaired) electrons. The number of hydrogen-bond donors (Lipinski definition) is 2. The molecule has 0 spiro atoms. The summed E-state index contributed by atoms with van der Waals surface area (Å²) in [7, 11) is 0. The quantitative estimate of drug-likeness (QED) is 0.341. The van der Waals surface area contributed by atoms with Crippen LogP contribution in [-0.4, -0.2) is 41.0 Å². The van der Waals surface area contributed by atoms with Crippen LogP contribution in [0.15, 0.2) is 0 Å². The molecule has 0 aliphatic heterocycles. The highest BCUT2D eigenvalue weighted by molar-refractivity contribution is 5.79. The minimum absolute atomic E-state index is 0.160. The molecule has 0 amide bonds. The van der Waals surface area contributed by atoms with Crippen molar-refractivity contribution in [2.24, 2.45) is 52.3 Å². The number of hydrogen-bond acceptors (Lipinski definition) is 5. The van der Waals surface area contributed by atoms with Gasteiger partial charge in [0.15, 0.2) is 0 Å². The van der Waals surface area contributed by atoms with Crippen LogP contribution in [-0.2, 0) is 19.1 Å². The highest BCUT2D eigenvalue weighted by atomic mass is 16.5. The Morgan fingerprint density at radius 1 is 0.974 bits per heavy atom. The van der Waals surface area contributed by atoms with Gasteiger partial charge in [-0.05, 0) is 125 Å². The minimum atomic E-state index is -0.821. The van der Waals surface area contributed by atoms with Crippen LogP contribution in [0.25, 0.3) is 0 Å². The molecule has 6 nitrogen and oxygen atoms in total. The van der Waals surface area contributed by atoms with Crippen molar-refractivity contribution in [3.63, 3.8) is 0 Å². The normalized spacial score (nSPS) is 39.6. The van der Waals surface area contributed by atoms with Crippen LogP contribution in [0, 0.1) is 52.3 Å². The SMILES string of the molecule is CC(=O)[C@H]1CC[C@H]2[C@@H]3CC[C@H]4C[C@@H](CC(NC(C)(C)COC(=O)C(C)C)C(=O)O)CC[C@]4(C)[C@H]3CC[C@]12C. The number of carboxylic acids is 1.